The molecule has 0 aromatic carbocycles. The quantitative estimate of drug-likeness (QED) is 0.803. The normalized spacial score (nSPS) is 29.8. The first-order valence-electron chi connectivity index (χ1n) is 6.93. The highest BCUT2D eigenvalue weighted by Gasteiger charge is 2.24. The topological polar surface area (TPSA) is 67.8 Å². The van der Waals surface area contributed by atoms with E-state index in [1.807, 2.05) is 0 Å². The van der Waals surface area contributed by atoms with Crippen LogP contribution < -0.4 is 5.32 Å². The summed E-state index contributed by atoms with van der Waals surface area (Å²) < 4.78 is 10.6. The summed E-state index contributed by atoms with van der Waals surface area (Å²) >= 11 is 0. The zero-order valence-corrected chi connectivity index (χ0v) is 10.8. The molecule has 2 fully saturated rings. The van der Waals surface area contributed by atoms with Crippen molar-refractivity contribution >= 4 is 6.09 Å². The van der Waals surface area contributed by atoms with E-state index in [2.05, 4.69) is 5.32 Å². The van der Waals surface area contributed by atoms with Crippen LogP contribution in [-0.2, 0) is 9.47 Å². The summed E-state index contributed by atoms with van der Waals surface area (Å²) in [7, 11) is 0. The van der Waals surface area contributed by atoms with Gasteiger partial charge in [-0.15, -0.1) is 0 Å². The molecule has 2 aliphatic rings. The lowest BCUT2D eigenvalue weighted by molar-refractivity contribution is 0.000214. The highest BCUT2D eigenvalue weighted by atomic mass is 16.6. The van der Waals surface area contributed by atoms with Crippen molar-refractivity contribution in [2.24, 2.45) is 5.92 Å². The van der Waals surface area contributed by atoms with Crippen LogP contribution in [0.2, 0.25) is 0 Å². The van der Waals surface area contributed by atoms with Crippen molar-refractivity contribution in [2.75, 3.05) is 19.8 Å². The molecule has 0 radical (unpaired) electrons. The molecule has 1 amide bonds. The van der Waals surface area contributed by atoms with Crippen LogP contribution in [-0.4, -0.2) is 43.2 Å². The Bertz CT molecular complexity index is 258. The second kappa shape index (κ2) is 6.95. The molecule has 1 aliphatic carbocycles. The number of amides is 1. The number of hydrogen-bond donors (Lipinski definition) is 2. The molecular formula is C13H23NO4. The number of aliphatic hydroxyl groups excluding tert-OH is 1. The second-order valence-corrected chi connectivity index (χ2v) is 5.26. The highest BCUT2D eigenvalue weighted by Crippen LogP contribution is 2.23. The first kappa shape index (κ1) is 13.6. The molecule has 2 N–H and O–H groups in total. The van der Waals surface area contributed by atoms with E-state index in [9.17, 15) is 4.79 Å². The van der Waals surface area contributed by atoms with Crippen molar-refractivity contribution in [1.82, 2.24) is 5.32 Å². The van der Waals surface area contributed by atoms with E-state index in [-0.39, 0.29) is 24.8 Å². The van der Waals surface area contributed by atoms with Gasteiger partial charge in [0.15, 0.2) is 0 Å². The third-order valence-electron chi connectivity index (χ3n) is 3.87. The largest absolute Gasteiger partial charge is 0.446 e. The number of hydrogen-bond acceptors (Lipinski definition) is 4. The molecule has 0 atom stereocenters. The SMILES string of the molecule is O=C(NC1CCC(CO)CC1)OC1CCOCC1. The predicted octanol–water partition coefficient (Wildman–Crippen LogP) is 1.44. The summed E-state index contributed by atoms with van der Waals surface area (Å²) in [5, 5.41) is 12.0. The lowest BCUT2D eigenvalue weighted by Gasteiger charge is -2.29. The Morgan fingerprint density at radius 1 is 1.17 bits per heavy atom. The van der Waals surface area contributed by atoms with Crippen molar-refractivity contribution in [3.05, 3.63) is 0 Å². The number of aliphatic hydroxyl groups is 1. The molecule has 0 aromatic heterocycles. The van der Waals surface area contributed by atoms with Gasteiger partial charge in [0.1, 0.15) is 6.10 Å². The molecule has 0 bridgehead atoms. The molecule has 18 heavy (non-hydrogen) atoms. The van der Waals surface area contributed by atoms with Gasteiger partial charge < -0.3 is 19.9 Å². The van der Waals surface area contributed by atoms with Crippen LogP contribution in [0.1, 0.15) is 38.5 Å². The first-order valence-corrected chi connectivity index (χ1v) is 6.93. The highest BCUT2D eigenvalue weighted by molar-refractivity contribution is 5.67. The van der Waals surface area contributed by atoms with Crippen molar-refractivity contribution < 1.29 is 19.4 Å². The summed E-state index contributed by atoms with van der Waals surface area (Å²) in [4.78, 5) is 11.7. The minimum Gasteiger partial charge on any atom is -0.446 e. The lowest BCUT2D eigenvalue weighted by atomic mass is 9.87. The van der Waals surface area contributed by atoms with Gasteiger partial charge in [-0.3, -0.25) is 0 Å². The molecule has 1 aliphatic heterocycles. The van der Waals surface area contributed by atoms with Gasteiger partial charge in [-0.05, 0) is 31.6 Å². The number of nitrogens with one attached hydrogen (secondary N) is 1. The Hall–Kier alpha value is -0.810. The van der Waals surface area contributed by atoms with Crippen LogP contribution in [0, 0.1) is 5.92 Å². The molecule has 2 rings (SSSR count). The van der Waals surface area contributed by atoms with Gasteiger partial charge in [-0.2, -0.15) is 0 Å². The Morgan fingerprint density at radius 2 is 1.83 bits per heavy atom. The van der Waals surface area contributed by atoms with Crippen molar-refractivity contribution in [3.63, 3.8) is 0 Å². The van der Waals surface area contributed by atoms with Gasteiger partial charge in [0.05, 0.1) is 13.2 Å². The number of carbonyl (C=O) groups is 1. The molecule has 104 valence electrons. The fourth-order valence-electron chi connectivity index (χ4n) is 2.64. The summed E-state index contributed by atoms with van der Waals surface area (Å²) in [6.07, 6.45) is 5.15. The van der Waals surface area contributed by atoms with E-state index in [4.69, 9.17) is 14.6 Å². The van der Waals surface area contributed by atoms with Gasteiger partial charge in [-0.25, -0.2) is 4.79 Å². The van der Waals surface area contributed by atoms with Crippen LogP contribution in [0.4, 0.5) is 4.79 Å². The molecular weight excluding hydrogens is 234 g/mol. The number of alkyl carbamates (subject to hydrolysis) is 1. The van der Waals surface area contributed by atoms with Gasteiger partial charge in [-0.1, -0.05) is 0 Å². The maximum atomic E-state index is 11.7. The fourth-order valence-corrected chi connectivity index (χ4v) is 2.64. The third kappa shape index (κ3) is 4.14. The average molecular weight is 257 g/mol. The van der Waals surface area contributed by atoms with Gasteiger partial charge >= 0.3 is 6.09 Å². The fraction of sp³-hybridized carbons (Fsp3) is 0.923. The van der Waals surface area contributed by atoms with Gasteiger partial charge in [0, 0.05) is 25.5 Å². The number of ether oxygens (including phenoxy) is 2. The Morgan fingerprint density at radius 3 is 2.44 bits per heavy atom. The molecule has 5 heteroatoms. The van der Waals surface area contributed by atoms with E-state index in [1.165, 1.54) is 0 Å². The summed E-state index contributed by atoms with van der Waals surface area (Å²) in [5.41, 5.74) is 0. The third-order valence-corrected chi connectivity index (χ3v) is 3.87. The summed E-state index contributed by atoms with van der Waals surface area (Å²) in [6, 6.07) is 0.208. The van der Waals surface area contributed by atoms with E-state index in [1.54, 1.807) is 0 Å². The molecule has 0 aromatic rings. The molecule has 0 unspecified atom stereocenters. The Balaban J connectivity index is 1.65. The second-order valence-electron chi connectivity index (χ2n) is 5.26. The van der Waals surface area contributed by atoms with E-state index < -0.39 is 0 Å². The zero-order chi connectivity index (χ0) is 12.8. The lowest BCUT2D eigenvalue weighted by Crippen LogP contribution is -2.40. The summed E-state index contributed by atoms with van der Waals surface area (Å²) in [5.74, 6) is 0.412. The Labute approximate surface area is 108 Å². The van der Waals surface area contributed by atoms with Crippen molar-refractivity contribution in [2.45, 2.75) is 50.7 Å². The maximum absolute atomic E-state index is 11.7. The van der Waals surface area contributed by atoms with Crippen LogP contribution in [0.5, 0.6) is 0 Å². The average Bonchev–Trinajstić information content (AvgIpc) is 2.40. The van der Waals surface area contributed by atoms with Gasteiger partial charge in [0.25, 0.3) is 0 Å². The standard InChI is InChI=1S/C13H23NO4/c15-9-10-1-3-11(4-2-10)14-13(16)18-12-5-7-17-8-6-12/h10-12,15H,1-9H2,(H,14,16). The minimum atomic E-state index is -0.297. The van der Waals surface area contributed by atoms with E-state index in [0.717, 1.165) is 38.5 Å². The van der Waals surface area contributed by atoms with Crippen molar-refractivity contribution in [1.29, 1.82) is 0 Å². The number of carbonyl (C=O) groups excluding carboxylic acids is 1. The monoisotopic (exact) mass is 257 g/mol. The van der Waals surface area contributed by atoms with Crippen molar-refractivity contribution in [3.8, 4) is 0 Å². The zero-order valence-electron chi connectivity index (χ0n) is 10.8. The molecule has 0 spiro atoms. The van der Waals surface area contributed by atoms with Gasteiger partial charge in [0.2, 0.25) is 0 Å². The number of rotatable bonds is 3. The minimum absolute atomic E-state index is 0.00697. The van der Waals surface area contributed by atoms with Crippen LogP contribution in [0.25, 0.3) is 0 Å². The van der Waals surface area contributed by atoms with Crippen LogP contribution in [0.15, 0.2) is 0 Å². The summed E-state index contributed by atoms with van der Waals surface area (Å²) in [6.45, 7) is 1.62. The maximum Gasteiger partial charge on any atom is 0.407 e. The van der Waals surface area contributed by atoms with Crippen LogP contribution in [0.3, 0.4) is 0 Å². The van der Waals surface area contributed by atoms with E-state index in [0.29, 0.717) is 19.1 Å². The molecule has 1 saturated heterocycles. The predicted molar refractivity (Wildman–Crippen MR) is 66.3 cm³/mol. The Kier molecular flexibility index (Phi) is 5.26. The molecule has 5 nitrogen and oxygen atoms in total. The van der Waals surface area contributed by atoms with E-state index >= 15 is 0 Å². The molecule has 1 saturated carbocycles. The van der Waals surface area contributed by atoms with Crippen LogP contribution >= 0.6 is 0 Å². The smallest absolute Gasteiger partial charge is 0.407 e. The first-order chi connectivity index (χ1) is 8.78. The molecule has 1 heterocycles.